The van der Waals surface area contributed by atoms with Gasteiger partial charge in [0.05, 0.1) is 4.99 Å². The van der Waals surface area contributed by atoms with Crippen LogP contribution >= 0.6 is 12.2 Å². The van der Waals surface area contributed by atoms with E-state index in [1.165, 1.54) is 0 Å². The Balaban J connectivity index is 4.36. The molecule has 0 aromatic heterocycles. The highest BCUT2D eigenvalue weighted by Gasteiger charge is 2.18. The van der Waals surface area contributed by atoms with Gasteiger partial charge in [-0.1, -0.05) is 19.1 Å². The van der Waals surface area contributed by atoms with Gasteiger partial charge in [0.2, 0.25) is 10.0 Å². The molecule has 0 fully saturated rings. The Morgan fingerprint density at radius 1 is 1.40 bits per heavy atom. The molecule has 3 N–H and O–H groups in total. The van der Waals surface area contributed by atoms with Crippen LogP contribution in [-0.4, -0.2) is 39.7 Å². The molecule has 0 bridgehead atoms. The van der Waals surface area contributed by atoms with Crippen LogP contribution in [0, 0.1) is 5.92 Å². The Morgan fingerprint density at radius 2 is 1.87 bits per heavy atom. The predicted octanol–water partition coefficient (Wildman–Crippen LogP) is -1.17. The zero-order chi connectivity index (χ0) is 12.3. The molecule has 90 valence electrons. The molecule has 0 aromatic rings. The second-order valence-electron chi connectivity index (χ2n) is 3.31. The molecule has 0 saturated heterocycles. The molecule has 15 heavy (non-hydrogen) atoms. The molecule has 0 aliphatic heterocycles. The fourth-order valence-electron chi connectivity index (χ4n) is 0.676. The molecule has 9 heteroatoms. The molecule has 0 aliphatic rings. The number of rotatable bonds is 6. The summed E-state index contributed by atoms with van der Waals surface area (Å²) in [4.78, 5) is 0.178. The van der Waals surface area contributed by atoms with Crippen molar-refractivity contribution in [2.24, 2.45) is 11.7 Å². The van der Waals surface area contributed by atoms with Gasteiger partial charge in [-0.15, -0.1) is 0 Å². The average Bonchev–Trinajstić information content (AvgIpc) is 1.95. The molecule has 1 unspecified atom stereocenters. The summed E-state index contributed by atoms with van der Waals surface area (Å²) in [6, 6.07) is 0. The third-order valence-corrected chi connectivity index (χ3v) is 5.43. The summed E-state index contributed by atoms with van der Waals surface area (Å²) in [6.45, 7) is 1.65. The lowest BCUT2D eigenvalue weighted by molar-refractivity contribution is 0.575. The van der Waals surface area contributed by atoms with Gasteiger partial charge >= 0.3 is 0 Å². The zero-order valence-corrected chi connectivity index (χ0v) is 10.9. The second-order valence-corrected chi connectivity index (χ2v) is 8.09. The third kappa shape index (κ3) is 7.65. The minimum atomic E-state index is -3.82. The molecule has 1 atom stereocenters. The zero-order valence-electron chi connectivity index (χ0n) is 8.43. The smallest absolute Gasteiger partial charge is 0.226 e. The Bertz CT molecular complexity index is 425. The maximum atomic E-state index is 11.2. The van der Waals surface area contributed by atoms with E-state index in [9.17, 15) is 16.8 Å². The molecule has 0 saturated carbocycles. The van der Waals surface area contributed by atoms with E-state index in [0.29, 0.717) is 0 Å². The van der Waals surface area contributed by atoms with Crippen LogP contribution in [0.15, 0.2) is 0 Å². The third-order valence-electron chi connectivity index (χ3n) is 1.46. The van der Waals surface area contributed by atoms with Gasteiger partial charge in [0.1, 0.15) is 0 Å². The second kappa shape index (κ2) is 5.19. The number of nitrogens with two attached hydrogens (primary N) is 1. The minimum Gasteiger partial charge on any atom is -0.393 e. The van der Waals surface area contributed by atoms with Crippen LogP contribution < -0.4 is 10.5 Å². The van der Waals surface area contributed by atoms with Crippen LogP contribution in [-0.2, 0) is 19.9 Å². The average molecular weight is 274 g/mol. The molecule has 6 nitrogen and oxygen atoms in total. The number of sulfonamides is 1. The Kier molecular flexibility index (Phi) is 5.10. The Labute approximate surface area is 95.2 Å². The fourth-order valence-corrected chi connectivity index (χ4v) is 3.85. The first-order valence-corrected chi connectivity index (χ1v) is 8.10. The van der Waals surface area contributed by atoms with E-state index in [2.05, 4.69) is 16.9 Å². The van der Waals surface area contributed by atoms with Crippen molar-refractivity contribution in [3.63, 3.8) is 0 Å². The number of hydrogen-bond donors (Lipinski definition) is 2. The van der Waals surface area contributed by atoms with Gasteiger partial charge in [-0.25, -0.2) is 21.6 Å². The van der Waals surface area contributed by atoms with Crippen molar-refractivity contribution < 1.29 is 16.8 Å². The SMILES string of the molecule is CC(CNS(=O)(=O)CS(C)(=O)=O)C(N)=S. The lowest BCUT2D eigenvalue weighted by Gasteiger charge is -2.10. The maximum Gasteiger partial charge on any atom is 0.226 e. The van der Waals surface area contributed by atoms with E-state index in [1.807, 2.05) is 0 Å². The van der Waals surface area contributed by atoms with E-state index >= 15 is 0 Å². The van der Waals surface area contributed by atoms with Gasteiger partial charge in [-0.2, -0.15) is 0 Å². The molecule has 0 rings (SSSR count). The number of nitrogens with one attached hydrogen (secondary N) is 1. The summed E-state index contributed by atoms with van der Waals surface area (Å²) in [6.07, 6.45) is 0.850. The fraction of sp³-hybridized carbons (Fsp3) is 0.833. The van der Waals surface area contributed by atoms with E-state index in [1.54, 1.807) is 6.92 Å². The van der Waals surface area contributed by atoms with Crippen LogP contribution in [0.2, 0.25) is 0 Å². The number of sulfone groups is 1. The normalized spacial score (nSPS) is 14.8. The quantitative estimate of drug-likeness (QED) is 0.591. The molecular formula is C6H14N2O4S3. The molecular weight excluding hydrogens is 260 g/mol. The summed E-state index contributed by atoms with van der Waals surface area (Å²) < 4.78 is 46.0. The molecule has 0 aromatic carbocycles. The Hall–Kier alpha value is -0.250. The van der Waals surface area contributed by atoms with E-state index in [4.69, 9.17) is 5.73 Å². The largest absolute Gasteiger partial charge is 0.393 e. The van der Waals surface area contributed by atoms with Crippen LogP contribution in [0.3, 0.4) is 0 Å². The summed E-state index contributed by atoms with van der Waals surface area (Å²) in [7, 11) is -7.39. The van der Waals surface area contributed by atoms with Crippen molar-refractivity contribution in [2.45, 2.75) is 6.92 Å². The summed E-state index contributed by atoms with van der Waals surface area (Å²) in [5.74, 6) is -0.311. The van der Waals surface area contributed by atoms with Gasteiger partial charge in [0.15, 0.2) is 14.9 Å². The lowest BCUT2D eigenvalue weighted by Crippen LogP contribution is -2.36. The van der Waals surface area contributed by atoms with Gasteiger partial charge in [-0.3, -0.25) is 0 Å². The summed E-state index contributed by atoms with van der Waals surface area (Å²) in [5, 5.41) is -0.927. The number of hydrogen-bond acceptors (Lipinski definition) is 5. The monoisotopic (exact) mass is 274 g/mol. The Morgan fingerprint density at radius 3 is 2.20 bits per heavy atom. The first-order valence-electron chi connectivity index (χ1n) is 3.98. The highest BCUT2D eigenvalue weighted by Crippen LogP contribution is 1.96. The first-order chi connectivity index (χ1) is 6.53. The van der Waals surface area contributed by atoms with Crippen LogP contribution in [0.5, 0.6) is 0 Å². The number of thiocarbonyl (C=S) groups is 1. The van der Waals surface area contributed by atoms with Crippen molar-refractivity contribution in [2.75, 3.05) is 17.9 Å². The maximum absolute atomic E-state index is 11.2. The summed E-state index contributed by atoms with van der Waals surface area (Å²) in [5.41, 5.74) is 5.27. The topological polar surface area (TPSA) is 106 Å². The van der Waals surface area contributed by atoms with Gasteiger partial charge in [0, 0.05) is 18.7 Å². The highest BCUT2D eigenvalue weighted by atomic mass is 32.3. The van der Waals surface area contributed by atoms with Crippen molar-refractivity contribution in [3.05, 3.63) is 0 Å². The molecule has 0 amide bonds. The van der Waals surface area contributed by atoms with E-state index in [0.717, 1.165) is 6.26 Å². The minimum absolute atomic E-state index is 0.00713. The predicted molar refractivity (Wildman–Crippen MR) is 62.6 cm³/mol. The first kappa shape index (κ1) is 14.8. The molecule has 0 spiro atoms. The van der Waals surface area contributed by atoms with E-state index in [-0.39, 0.29) is 17.5 Å². The standard InChI is InChI=1S/C6H14N2O4S3/c1-5(6(7)13)3-8-15(11,12)4-14(2,9)10/h5,8H,3-4H2,1-2H3,(H2,7,13). The van der Waals surface area contributed by atoms with Gasteiger partial charge < -0.3 is 5.73 Å². The van der Waals surface area contributed by atoms with Crippen molar-refractivity contribution >= 4 is 37.1 Å². The van der Waals surface area contributed by atoms with Crippen LogP contribution in [0.4, 0.5) is 0 Å². The van der Waals surface area contributed by atoms with Crippen molar-refractivity contribution in [1.82, 2.24) is 4.72 Å². The summed E-state index contributed by atoms with van der Waals surface area (Å²) >= 11 is 4.64. The van der Waals surface area contributed by atoms with Crippen molar-refractivity contribution in [3.8, 4) is 0 Å². The lowest BCUT2D eigenvalue weighted by atomic mass is 10.2. The van der Waals surface area contributed by atoms with E-state index < -0.39 is 24.9 Å². The highest BCUT2D eigenvalue weighted by molar-refractivity contribution is 8.06. The molecule has 0 radical (unpaired) electrons. The molecule has 0 aliphatic carbocycles. The van der Waals surface area contributed by atoms with Crippen molar-refractivity contribution in [1.29, 1.82) is 0 Å². The molecule has 0 heterocycles. The van der Waals surface area contributed by atoms with Crippen LogP contribution in [0.1, 0.15) is 6.92 Å². The van der Waals surface area contributed by atoms with Crippen LogP contribution in [0.25, 0.3) is 0 Å². The van der Waals surface area contributed by atoms with Gasteiger partial charge in [-0.05, 0) is 0 Å². The van der Waals surface area contributed by atoms with Gasteiger partial charge in [0.25, 0.3) is 0 Å².